The predicted octanol–water partition coefficient (Wildman–Crippen LogP) is 3.23. The van der Waals surface area contributed by atoms with Gasteiger partial charge in [0.25, 0.3) is 0 Å². The van der Waals surface area contributed by atoms with E-state index in [9.17, 15) is 9.59 Å². The largest absolute Gasteiger partial charge is 0.464 e. The van der Waals surface area contributed by atoms with E-state index in [0.29, 0.717) is 5.69 Å². The molecule has 25 heavy (non-hydrogen) atoms. The van der Waals surface area contributed by atoms with E-state index < -0.39 is 11.9 Å². The van der Waals surface area contributed by atoms with Crippen LogP contribution in [0.5, 0.6) is 0 Å². The van der Waals surface area contributed by atoms with E-state index in [4.69, 9.17) is 9.47 Å². The van der Waals surface area contributed by atoms with Crippen LogP contribution in [0, 0.1) is 0 Å². The lowest BCUT2D eigenvalue weighted by Gasteiger charge is -2.26. The highest BCUT2D eigenvalue weighted by Gasteiger charge is 2.30. The smallest absolute Gasteiger partial charge is 0.355 e. The van der Waals surface area contributed by atoms with Crippen molar-refractivity contribution in [2.45, 2.75) is 0 Å². The van der Waals surface area contributed by atoms with Crippen LogP contribution in [0.25, 0.3) is 12.2 Å². The first-order chi connectivity index (χ1) is 12.2. The second-order valence-electron chi connectivity index (χ2n) is 5.34. The summed E-state index contributed by atoms with van der Waals surface area (Å²) >= 11 is 0. The zero-order valence-corrected chi connectivity index (χ0v) is 13.9. The molecule has 0 spiro atoms. The molecule has 5 nitrogen and oxygen atoms in total. The average Bonchev–Trinajstić information content (AvgIpc) is 2.84. The van der Waals surface area contributed by atoms with Gasteiger partial charge in [-0.15, -0.1) is 0 Å². The van der Waals surface area contributed by atoms with Crippen LogP contribution in [0.4, 0.5) is 5.69 Å². The van der Waals surface area contributed by atoms with Gasteiger partial charge in [0.15, 0.2) is 0 Å². The summed E-state index contributed by atoms with van der Waals surface area (Å²) in [6.07, 6.45) is 3.42. The van der Waals surface area contributed by atoms with Crippen LogP contribution in [0.3, 0.4) is 0 Å². The second-order valence-corrected chi connectivity index (χ2v) is 5.34. The Morgan fingerprint density at radius 2 is 1.16 bits per heavy atom. The summed E-state index contributed by atoms with van der Waals surface area (Å²) in [6, 6.07) is 16.6. The molecule has 1 aliphatic heterocycles. The number of rotatable bonds is 3. The van der Waals surface area contributed by atoms with Gasteiger partial charge in [-0.25, -0.2) is 9.59 Å². The Hall–Kier alpha value is -3.34. The number of nitrogens with zero attached hydrogens (tertiary/aromatic N) is 1. The molecule has 1 heterocycles. The molecule has 0 radical (unpaired) electrons. The number of hydrogen-bond donors (Lipinski definition) is 0. The standard InChI is InChI=1S/C20H17NO4/c1-24-19(22)17-12-14-8-6-7-9-15(14)13-18(20(23)25-2)21(17)16-10-4-3-5-11-16/h3-13H,1-2H3. The minimum absolute atomic E-state index is 0.232. The number of methoxy groups -OCH3 is 2. The third-order valence-electron chi connectivity index (χ3n) is 3.87. The first-order valence-electron chi connectivity index (χ1n) is 7.70. The van der Waals surface area contributed by atoms with E-state index >= 15 is 0 Å². The van der Waals surface area contributed by atoms with Crippen LogP contribution in [-0.4, -0.2) is 26.2 Å². The maximum Gasteiger partial charge on any atom is 0.355 e. The van der Waals surface area contributed by atoms with Crippen LogP contribution in [0.1, 0.15) is 11.1 Å². The Kier molecular flexibility index (Phi) is 4.66. The van der Waals surface area contributed by atoms with Gasteiger partial charge in [-0.2, -0.15) is 0 Å². The van der Waals surface area contributed by atoms with Crippen LogP contribution < -0.4 is 4.90 Å². The van der Waals surface area contributed by atoms with Crippen molar-refractivity contribution in [1.29, 1.82) is 0 Å². The Balaban J connectivity index is 2.30. The fourth-order valence-electron chi connectivity index (χ4n) is 2.69. The Labute approximate surface area is 145 Å². The van der Waals surface area contributed by atoms with Crippen molar-refractivity contribution in [2.75, 3.05) is 19.1 Å². The lowest BCUT2D eigenvalue weighted by atomic mass is 10.1. The first kappa shape index (κ1) is 16.5. The summed E-state index contributed by atoms with van der Waals surface area (Å²) in [5.74, 6) is -1.09. The highest BCUT2D eigenvalue weighted by Crippen LogP contribution is 2.32. The van der Waals surface area contributed by atoms with Crippen LogP contribution in [0.2, 0.25) is 0 Å². The molecule has 0 amide bonds. The van der Waals surface area contributed by atoms with E-state index in [-0.39, 0.29) is 11.4 Å². The molecule has 0 saturated carbocycles. The molecular formula is C20H17NO4. The van der Waals surface area contributed by atoms with Gasteiger partial charge in [0.1, 0.15) is 11.4 Å². The van der Waals surface area contributed by atoms with E-state index in [1.54, 1.807) is 17.1 Å². The third kappa shape index (κ3) is 3.17. The summed E-state index contributed by atoms with van der Waals surface area (Å²) in [4.78, 5) is 26.5. The molecule has 0 atom stereocenters. The number of carbonyl (C=O) groups excluding carboxylic acids is 2. The average molecular weight is 335 g/mol. The zero-order chi connectivity index (χ0) is 17.8. The van der Waals surface area contributed by atoms with Gasteiger partial charge in [0.05, 0.1) is 14.2 Å². The number of carbonyl (C=O) groups is 2. The summed E-state index contributed by atoms with van der Waals surface area (Å²) in [7, 11) is 2.62. The number of anilines is 1. The number of para-hydroxylation sites is 1. The molecule has 0 aliphatic carbocycles. The molecule has 0 unspecified atom stereocenters. The molecule has 2 aromatic carbocycles. The summed E-state index contributed by atoms with van der Waals surface area (Å²) in [5.41, 5.74) is 2.74. The molecule has 0 aromatic heterocycles. The predicted molar refractivity (Wildman–Crippen MR) is 95.3 cm³/mol. The molecule has 5 heteroatoms. The molecule has 1 aliphatic rings. The molecule has 3 rings (SSSR count). The molecule has 2 aromatic rings. The normalized spacial score (nSPS) is 13.1. The van der Waals surface area contributed by atoms with Gasteiger partial charge in [-0.1, -0.05) is 42.5 Å². The topological polar surface area (TPSA) is 55.8 Å². The minimum Gasteiger partial charge on any atom is -0.464 e. The number of benzene rings is 2. The van der Waals surface area contributed by atoms with E-state index in [1.807, 2.05) is 54.6 Å². The summed E-state index contributed by atoms with van der Waals surface area (Å²) < 4.78 is 9.89. The van der Waals surface area contributed by atoms with Crippen molar-refractivity contribution in [3.8, 4) is 0 Å². The maximum absolute atomic E-state index is 12.5. The van der Waals surface area contributed by atoms with Gasteiger partial charge in [-0.05, 0) is 35.4 Å². The highest BCUT2D eigenvalue weighted by molar-refractivity contribution is 6.08. The Bertz CT molecular complexity index is 815. The molecule has 0 saturated heterocycles. The first-order valence-corrected chi connectivity index (χ1v) is 7.70. The molecule has 0 bridgehead atoms. The number of esters is 2. The van der Waals surface area contributed by atoms with E-state index in [2.05, 4.69) is 0 Å². The van der Waals surface area contributed by atoms with Crippen molar-refractivity contribution in [3.05, 3.63) is 77.1 Å². The number of hydrogen-bond acceptors (Lipinski definition) is 5. The summed E-state index contributed by atoms with van der Waals surface area (Å²) in [5, 5.41) is 0. The molecular weight excluding hydrogens is 318 g/mol. The minimum atomic E-state index is -0.546. The molecule has 126 valence electrons. The van der Waals surface area contributed by atoms with Gasteiger partial charge in [0, 0.05) is 5.69 Å². The molecule has 0 N–H and O–H groups in total. The Morgan fingerprint density at radius 3 is 1.60 bits per heavy atom. The SMILES string of the molecule is COC(=O)C1=Cc2ccccc2C=C(C(=O)OC)N1c1ccccc1. The van der Waals surface area contributed by atoms with Crippen molar-refractivity contribution in [3.63, 3.8) is 0 Å². The van der Waals surface area contributed by atoms with Crippen LogP contribution in [0.15, 0.2) is 66.0 Å². The lowest BCUT2D eigenvalue weighted by molar-refractivity contribution is -0.136. The monoisotopic (exact) mass is 335 g/mol. The van der Waals surface area contributed by atoms with Crippen LogP contribution in [-0.2, 0) is 19.1 Å². The zero-order valence-electron chi connectivity index (χ0n) is 13.9. The van der Waals surface area contributed by atoms with Gasteiger partial charge in [0.2, 0.25) is 0 Å². The van der Waals surface area contributed by atoms with Crippen molar-refractivity contribution >= 4 is 29.8 Å². The summed E-state index contributed by atoms with van der Waals surface area (Å²) in [6.45, 7) is 0. The van der Waals surface area contributed by atoms with Crippen molar-refractivity contribution in [2.24, 2.45) is 0 Å². The Morgan fingerprint density at radius 1 is 0.720 bits per heavy atom. The van der Waals surface area contributed by atoms with Crippen LogP contribution >= 0.6 is 0 Å². The van der Waals surface area contributed by atoms with Crippen molar-refractivity contribution < 1.29 is 19.1 Å². The maximum atomic E-state index is 12.5. The molecule has 0 fully saturated rings. The lowest BCUT2D eigenvalue weighted by Crippen LogP contribution is -2.31. The van der Waals surface area contributed by atoms with E-state index in [1.165, 1.54) is 14.2 Å². The van der Waals surface area contributed by atoms with Gasteiger partial charge >= 0.3 is 11.9 Å². The fraction of sp³-hybridized carbons (Fsp3) is 0.100. The number of fused-ring (bicyclic) bond motifs is 1. The van der Waals surface area contributed by atoms with Gasteiger partial charge in [-0.3, -0.25) is 4.90 Å². The number of ether oxygens (including phenoxy) is 2. The fourth-order valence-corrected chi connectivity index (χ4v) is 2.69. The highest BCUT2D eigenvalue weighted by atomic mass is 16.5. The van der Waals surface area contributed by atoms with E-state index in [0.717, 1.165) is 11.1 Å². The second kappa shape index (κ2) is 7.05. The quantitative estimate of drug-likeness (QED) is 0.806. The van der Waals surface area contributed by atoms with Gasteiger partial charge < -0.3 is 9.47 Å². The third-order valence-corrected chi connectivity index (χ3v) is 3.87. The van der Waals surface area contributed by atoms with Crippen molar-refractivity contribution in [1.82, 2.24) is 0 Å².